The molecule has 5 heteroatoms. The lowest BCUT2D eigenvalue weighted by molar-refractivity contribution is 0.0927. The van der Waals surface area contributed by atoms with Crippen LogP contribution < -0.4 is 5.32 Å². The van der Waals surface area contributed by atoms with Gasteiger partial charge in [0.05, 0.1) is 6.20 Å². The SMILES string of the molecule is CCSc1ncc(C(=O)NC2CC3CCC2C3)s1. The van der Waals surface area contributed by atoms with Crippen molar-refractivity contribution in [2.45, 2.75) is 43.0 Å². The van der Waals surface area contributed by atoms with Gasteiger partial charge in [-0.2, -0.15) is 0 Å². The summed E-state index contributed by atoms with van der Waals surface area (Å²) in [6.07, 6.45) is 6.89. The monoisotopic (exact) mass is 282 g/mol. The zero-order valence-electron chi connectivity index (χ0n) is 10.5. The van der Waals surface area contributed by atoms with E-state index in [1.807, 2.05) is 0 Å². The van der Waals surface area contributed by atoms with Gasteiger partial charge in [0.15, 0.2) is 4.34 Å². The highest BCUT2D eigenvalue weighted by atomic mass is 32.2. The van der Waals surface area contributed by atoms with E-state index >= 15 is 0 Å². The predicted octanol–water partition coefficient (Wildman–Crippen LogP) is 3.17. The molecule has 2 fully saturated rings. The average Bonchev–Trinajstić information content (AvgIpc) is 3.04. The molecule has 2 aliphatic carbocycles. The van der Waals surface area contributed by atoms with Crippen molar-refractivity contribution in [2.24, 2.45) is 11.8 Å². The zero-order chi connectivity index (χ0) is 12.5. The summed E-state index contributed by atoms with van der Waals surface area (Å²) in [6.45, 7) is 2.10. The van der Waals surface area contributed by atoms with Gasteiger partial charge in [-0.05, 0) is 36.9 Å². The minimum absolute atomic E-state index is 0.0769. The van der Waals surface area contributed by atoms with E-state index in [1.54, 1.807) is 18.0 Å². The molecule has 18 heavy (non-hydrogen) atoms. The number of thiazole rings is 1. The number of nitrogens with one attached hydrogen (secondary N) is 1. The Morgan fingerprint density at radius 2 is 2.44 bits per heavy atom. The third-order valence-corrected chi connectivity index (χ3v) is 6.07. The van der Waals surface area contributed by atoms with Crippen LogP contribution in [0.25, 0.3) is 0 Å². The van der Waals surface area contributed by atoms with Gasteiger partial charge >= 0.3 is 0 Å². The number of aromatic nitrogens is 1. The number of carbonyl (C=O) groups excluding carboxylic acids is 1. The maximum Gasteiger partial charge on any atom is 0.263 e. The van der Waals surface area contributed by atoms with Crippen molar-refractivity contribution in [3.8, 4) is 0 Å². The molecular formula is C13H18N2OS2. The molecule has 2 saturated carbocycles. The summed E-state index contributed by atoms with van der Waals surface area (Å²) in [4.78, 5) is 17.2. The molecule has 0 aliphatic heterocycles. The number of amides is 1. The third kappa shape index (κ3) is 2.43. The van der Waals surface area contributed by atoms with Gasteiger partial charge in [0.1, 0.15) is 4.88 Å². The van der Waals surface area contributed by atoms with Crippen LogP contribution in [-0.2, 0) is 0 Å². The highest BCUT2D eigenvalue weighted by molar-refractivity contribution is 8.01. The lowest BCUT2D eigenvalue weighted by atomic mass is 9.95. The Labute approximate surface area is 116 Å². The summed E-state index contributed by atoms with van der Waals surface area (Å²) in [5.74, 6) is 2.68. The number of nitrogens with zero attached hydrogens (tertiary/aromatic N) is 1. The molecule has 3 atom stereocenters. The Balaban J connectivity index is 1.60. The topological polar surface area (TPSA) is 42.0 Å². The molecule has 98 valence electrons. The van der Waals surface area contributed by atoms with Crippen molar-refractivity contribution in [1.29, 1.82) is 0 Å². The fourth-order valence-corrected chi connectivity index (χ4v) is 5.00. The minimum atomic E-state index is 0.0769. The molecule has 3 nitrogen and oxygen atoms in total. The second-order valence-corrected chi connectivity index (χ2v) is 7.72. The maximum absolute atomic E-state index is 12.1. The zero-order valence-corrected chi connectivity index (χ0v) is 12.1. The van der Waals surface area contributed by atoms with Crippen LogP contribution in [0.1, 0.15) is 42.3 Å². The van der Waals surface area contributed by atoms with Crippen LogP contribution in [0.4, 0.5) is 0 Å². The molecule has 2 bridgehead atoms. The maximum atomic E-state index is 12.1. The molecule has 1 N–H and O–H groups in total. The van der Waals surface area contributed by atoms with Crippen LogP contribution in [0.5, 0.6) is 0 Å². The van der Waals surface area contributed by atoms with E-state index in [0.29, 0.717) is 6.04 Å². The number of carbonyl (C=O) groups is 1. The van der Waals surface area contributed by atoms with Gasteiger partial charge in [0.2, 0.25) is 0 Å². The van der Waals surface area contributed by atoms with Crippen molar-refractivity contribution in [3.05, 3.63) is 11.1 Å². The summed E-state index contributed by atoms with van der Waals surface area (Å²) in [5.41, 5.74) is 0. The lowest BCUT2D eigenvalue weighted by Crippen LogP contribution is -2.38. The fourth-order valence-electron chi connectivity index (χ4n) is 3.21. The molecule has 1 amide bonds. The molecule has 2 aliphatic rings. The van der Waals surface area contributed by atoms with E-state index in [1.165, 1.54) is 37.0 Å². The van der Waals surface area contributed by atoms with Gasteiger partial charge in [-0.1, -0.05) is 25.1 Å². The number of hydrogen-bond donors (Lipinski definition) is 1. The standard InChI is InChI=1S/C13H18N2OS2/c1-2-17-13-14-7-11(18-13)12(16)15-10-6-8-3-4-9(10)5-8/h7-10H,2-6H2,1H3,(H,15,16). The van der Waals surface area contributed by atoms with Crippen molar-refractivity contribution < 1.29 is 4.79 Å². The highest BCUT2D eigenvalue weighted by Gasteiger charge is 2.40. The first-order valence-corrected chi connectivity index (χ1v) is 8.46. The largest absolute Gasteiger partial charge is 0.348 e. The van der Waals surface area contributed by atoms with E-state index in [9.17, 15) is 4.79 Å². The second kappa shape index (κ2) is 5.21. The molecule has 0 saturated heterocycles. The first-order valence-electron chi connectivity index (χ1n) is 6.65. The summed E-state index contributed by atoms with van der Waals surface area (Å²) in [7, 11) is 0. The van der Waals surface area contributed by atoms with Gasteiger partial charge in [0.25, 0.3) is 5.91 Å². The Morgan fingerprint density at radius 3 is 3.11 bits per heavy atom. The Hall–Kier alpha value is -0.550. The molecule has 1 aromatic rings. The van der Waals surface area contributed by atoms with Gasteiger partial charge in [-0.25, -0.2) is 4.98 Å². The predicted molar refractivity (Wildman–Crippen MR) is 75.2 cm³/mol. The summed E-state index contributed by atoms with van der Waals surface area (Å²) in [6, 6.07) is 0.417. The van der Waals surface area contributed by atoms with Crippen LogP contribution >= 0.6 is 23.1 Å². The Bertz CT molecular complexity index is 446. The van der Waals surface area contributed by atoms with E-state index in [2.05, 4.69) is 17.2 Å². The molecular weight excluding hydrogens is 264 g/mol. The summed E-state index contributed by atoms with van der Waals surface area (Å²) in [5, 5.41) is 3.20. The number of hydrogen-bond acceptors (Lipinski definition) is 4. The van der Waals surface area contributed by atoms with Crippen LogP contribution in [0.3, 0.4) is 0 Å². The molecule has 0 aromatic carbocycles. The van der Waals surface area contributed by atoms with Crippen molar-refractivity contribution in [3.63, 3.8) is 0 Å². The van der Waals surface area contributed by atoms with E-state index in [4.69, 9.17) is 0 Å². The molecule has 0 spiro atoms. The number of fused-ring (bicyclic) bond motifs is 2. The normalized spacial score (nSPS) is 29.7. The van der Waals surface area contributed by atoms with E-state index in [0.717, 1.165) is 26.8 Å². The van der Waals surface area contributed by atoms with E-state index < -0.39 is 0 Å². The van der Waals surface area contributed by atoms with E-state index in [-0.39, 0.29) is 5.91 Å². The molecule has 0 radical (unpaired) electrons. The Morgan fingerprint density at radius 1 is 1.56 bits per heavy atom. The Kier molecular flexibility index (Phi) is 3.61. The lowest BCUT2D eigenvalue weighted by Gasteiger charge is -2.22. The van der Waals surface area contributed by atoms with Gasteiger partial charge in [-0.3, -0.25) is 4.79 Å². The minimum Gasteiger partial charge on any atom is -0.348 e. The van der Waals surface area contributed by atoms with Gasteiger partial charge in [0, 0.05) is 6.04 Å². The first-order chi connectivity index (χ1) is 8.76. The van der Waals surface area contributed by atoms with Crippen LogP contribution in [0.15, 0.2) is 10.5 Å². The number of rotatable bonds is 4. The van der Waals surface area contributed by atoms with Crippen molar-refractivity contribution >= 4 is 29.0 Å². The summed E-state index contributed by atoms with van der Waals surface area (Å²) < 4.78 is 0.996. The van der Waals surface area contributed by atoms with Gasteiger partial charge in [-0.15, -0.1) is 11.3 Å². The average molecular weight is 282 g/mol. The quantitative estimate of drug-likeness (QED) is 0.862. The summed E-state index contributed by atoms with van der Waals surface area (Å²) >= 11 is 3.20. The van der Waals surface area contributed by atoms with Crippen molar-refractivity contribution in [1.82, 2.24) is 10.3 Å². The van der Waals surface area contributed by atoms with Crippen LogP contribution in [0, 0.1) is 11.8 Å². The second-order valence-electron chi connectivity index (χ2n) is 5.18. The number of thioether (sulfide) groups is 1. The van der Waals surface area contributed by atoms with Crippen LogP contribution in [0.2, 0.25) is 0 Å². The molecule has 1 heterocycles. The third-order valence-electron chi connectivity index (χ3n) is 4.03. The van der Waals surface area contributed by atoms with Gasteiger partial charge < -0.3 is 5.32 Å². The van der Waals surface area contributed by atoms with Crippen molar-refractivity contribution in [2.75, 3.05) is 5.75 Å². The molecule has 3 rings (SSSR count). The molecule has 1 aromatic heterocycles. The molecule has 3 unspecified atom stereocenters. The fraction of sp³-hybridized carbons (Fsp3) is 0.692. The smallest absolute Gasteiger partial charge is 0.263 e. The first kappa shape index (κ1) is 12.5. The highest BCUT2D eigenvalue weighted by Crippen LogP contribution is 2.44. The van der Waals surface area contributed by atoms with Crippen LogP contribution in [-0.4, -0.2) is 22.7 Å².